The van der Waals surface area contributed by atoms with Crippen molar-refractivity contribution in [1.82, 2.24) is 9.88 Å². The third kappa shape index (κ3) is 4.61. The first kappa shape index (κ1) is 19.1. The largest absolute Gasteiger partial charge is 0.494 e. The summed E-state index contributed by atoms with van der Waals surface area (Å²) in [5, 5.41) is 8.93. The molecule has 1 fully saturated rings. The number of para-hydroxylation sites is 1. The molecule has 0 radical (unpaired) electrons. The second kappa shape index (κ2) is 8.84. The van der Waals surface area contributed by atoms with E-state index in [-0.39, 0.29) is 0 Å². The van der Waals surface area contributed by atoms with Gasteiger partial charge in [-0.15, -0.1) is 0 Å². The molecule has 1 aromatic heterocycles. The van der Waals surface area contributed by atoms with Crippen LogP contribution in [-0.2, 0) is 0 Å². The molecule has 7 heteroatoms. The minimum atomic E-state index is -0.410. The molecule has 7 nitrogen and oxygen atoms in total. The van der Waals surface area contributed by atoms with Crippen LogP contribution < -0.4 is 15.4 Å². The van der Waals surface area contributed by atoms with Crippen molar-refractivity contribution in [2.45, 2.75) is 12.8 Å². The van der Waals surface area contributed by atoms with E-state index in [1.807, 2.05) is 30.3 Å². The number of H-pyrrole nitrogens is 1. The number of nitriles is 1. The maximum Gasteiger partial charge on any atom is 0.417 e. The van der Waals surface area contributed by atoms with E-state index in [0.29, 0.717) is 17.8 Å². The molecule has 0 saturated carbocycles. The van der Waals surface area contributed by atoms with Gasteiger partial charge >= 0.3 is 5.76 Å². The van der Waals surface area contributed by atoms with Gasteiger partial charge in [0.15, 0.2) is 5.58 Å². The first-order valence-corrected chi connectivity index (χ1v) is 9.95. The number of oxazole rings is 1. The first-order valence-electron chi connectivity index (χ1n) is 9.95. The molecule has 29 heavy (non-hydrogen) atoms. The first-order chi connectivity index (χ1) is 14.2. The molecule has 2 aromatic carbocycles. The number of anilines is 1. The molecule has 150 valence electrons. The second-order valence-electron chi connectivity index (χ2n) is 7.19. The lowest BCUT2D eigenvalue weighted by Gasteiger charge is -2.36. The van der Waals surface area contributed by atoms with Gasteiger partial charge in [0.05, 0.1) is 29.4 Å². The molecule has 0 bridgehead atoms. The average molecular weight is 392 g/mol. The monoisotopic (exact) mass is 392 g/mol. The number of hydrogen-bond donors (Lipinski definition) is 1. The van der Waals surface area contributed by atoms with Crippen molar-refractivity contribution in [3.63, 3.8) is 0 Å². The topological polar surface area (TPSA) is 85.5 Å². The summed E-state index contributed by atoms with van der Waals surface area (Å²) in [6.45, 7) is 5.48. The van der Waals surface area contributed by atoms with Crippen LogP contribution in [0.5, 0.6) is 5.75 Å². The van der Waals surface area contributed by atoms with E-state index in [1.54, 1.807) is 12.1 Å². The van der Waals surface area contributed by atoms with Gasteiger partial charge in [-0.05, 0) is 49.7 Å². The predicted octanol–water partition coefficient (Wildman–Crippen LogP) is 2.97. The number of rotatable bonds is 7. The number of hydrogen-bond acceptors (Lipinski definition) is 6. The number of benzene rings is 2. The Morgan fingerprint density at radius 3 is 2.76 bits per heavy atom. The quantitative estimate of drug-likeness (QED) is 0.622. The fourth-order valence-electron chi connectivity index (χ4n) is 3.70. The summed E-state index contributed by atoms with van der Waals surface area (Å²) >= 11 is 0. The van der Waals surface area contributed by atoms with E-state index in [2.05, 4.69) is 20.9 Å². The Hall–Kier alpha value is -3.24. The third-order valence-corrected chi connectivity index (χ3v) is 5.24. The molecular weight excluding hydrogens is 368 g/mol. The Kier molecular flexibility index (Phi) is 5.82. The summed E-state index contributed by atoms with van der Waals surface area (Å²) in [4.78, 5) is 19.0. The van der Waals surface area contributed by atoms with Gasteiger partial charge in [-0.25, -0.2) is 4.79 Å². The summed E-state index contributed by atoms with van der Waals surface area (Å²) in [5.74, 6) is 0.343. The molecule has 1 N–H and O–H groups in total. The number of aromatic nitrogens is 1. The summed E-state index contributed by atoms with van der Waals surface area (Å²) in [7, 11) is 0. The Morgan fingerprint density at radius 1 is 1.10 bits per heavy atom. The Labute approximate surface area is 169 Å². The van der Waals surface area contributed by atoms with Crippen LogP contribution in [0.4, 0.5) is 5.69 Å². The lowest BCUT2D eigenvalue weighted by Crippen LogP contribution is -2.46. The van der Waals surface area contributed by atoms with E-state index in [0.717, 1.165) is 62.5 Å². The van der Waals surface area contributed by atoms with Crippen molar-refractivity contribution < 1.29 is 9.15 Å². The summed E-state index contributed by atoms with van der Waals surface area (Å²) < 4.78 is 11.1. The smallest absolute Gasteiger partial charge is 0.417 e. The number of unbranched alkanes of at least 4 members (excludes halogenated alkanes) is 1. The fraction of sp³-hybridized carbons (Fsp3) is 0.364. The van der Waals surface area contributed by atoms with Crippen LogP contribution in [0, 0.1) is 11.3 Å². The molecule has 0 unspecified atom stereocenters. The number of ether oxygens (including phenoxy) is 1. The van der Waals surface area contributed by atoms with Crippen LogP contribution in [0.15, 0.2) is 51.7 Å². The van der Waals surface area contributed by atoms with Gasteiger partial charge in [-0.3, -0.25) is 9.88 Å². The normalized spacial score (nSPS) is 14.8. The lowest BCUT2D eigenvalue weighted by atomic mass is 10.2. The number of nitrogens with one attached hydrogen (secondary N) is 1. The molecule has 1 saturated heterocycles. The zero-order chi connectivity index (χ0) is 20.1. The highest BCUT2D eigenvalue weighted by Crippen LogP contribution is 2.25. The van der Waals surface area contributed by atoms with Gasteiger partial charge in [0.2, 0.25) is 0 Å². The SMILES string of the molecule is N#Cc1cccc(OCCCCN2CCN(c3cccc4[nH]c(=O)oc34)CC2)c1. The fourth-order valence-corrected chi connectivity index (χ4v) is 3.70. The molecule has 0 aliphatic carbocycles. The van der Waals surface area contributed by atoms with Gasteiger partial charge in [-0.1, -0.05) is 12.1 Å². The zero-order valence-electron chi connectivity index (χ0n) is 16.3. The zero-order valence-corrected chi connectivity index (χ0v) is 16.3. The Bertz CT molecular complexity index is 1060. The average Bonchev–Trinajstić information content (AvgIpc) is 3.14. The second-order valence-corrected chi connectivity index (χ2v) is 7.19. The summed E-state index contributed by atoms with van der Waals surface area (Å²) in [6.07, 6.45) is 2.05. The number of fused-ring (bicyclic) bond motifs is 1. The maximum absolute atomic E-state index is 11.5. The minimum absolute atomic E-state index is 0.410. The number of aromatic amines is 1. The van der Waals surface area contributed by atoms with Crippen molar-refractivity contribution in [2.24, 2.45) is 0 Å². The van der Waals surface area contributed by atoms with Crippen molar-refractivity contribution in [1.29, 1.82) is 5.26 Å². The third-order valence-electron chi connectivity index (χ3n) is 5.24. The number of nitrogens with zero attached hydrogens (tertiary/aromatic N) is 3. The summed E-state index contributed by atoms with van der Waals surface area (Å²) in [5.41, 5.74) is 2.99. The van der Waals surface area contributed by atoms with Crippen LogP contribution in [0.1, 0.15) is 18.4 Å². The predicted molar refractivity (Wildman–Crippen MR) is 111 cm³/mol. The highest BCUT2D eigenvalue weighted by Gasteiger charge is 2.20. The van der Waals surface area contributed by atoms with Gasteiger partial charge in [0, 0.05) is 26.2 Å². The Morgan fingerprint density at radius 2 is 1.93 bits per heavy atom. The highest BCUT2D eigenvalue weighted by molar-refractivity contribution is 5.86. The van der Waals surface area contributed by atoms with Crippen LogP contribution in [-0.4, -0.2) is 49.2 Å². The van der Waals surface area contributed by atoms with E-state index >= 15 is 0 Å². The van der Waals surface area contributed by atoms with Gasteiger partial charge in [-0.2, -0.15) is 5.26 Å². The lowest BCUT2D eigenvalue weighted by molar-refractivity contribution is 0.238. The summed E-state index contributed by atoms with van der Waals surface area (Å²) in [6, 6.07) is 15.2. The van der Waals surface area contributed by atoms with Crippen molar-refractivity contribution in [3.8, 4) is 11.8 Å². The maximum atomic E-state index is 11.5. The molecule has 0 spiro atoms. The van der Waals surface area contributed by atoms with Gasteiger partial charge in [0.25, 0.3) is 0 Å². The number of piperazine rings is 1. The Balaban J connectivity index is 1.20. The van der Waals surface area contributed by atoms with Crippen LogP contribution in [0.3, 0.4) is 0 Å². The van der Waals surface area contributed by atoms with E-state index < -0.39 is 5.76 Å². The van der Waals surface area contributed by atoms with Gasteiger partial charge < -0.3 is 14.1 Å². The molecule has 1 aliphatic rings. The highest BCUT2D eigenvalue weighted by atomic mass is 16.5. The van der Waals surface area contributed by atoms with Crippen molar-refractivity contribution in [3.05, 3.63) is 58.6 Å². The molecule has 4 rings (SSSR count). The van der Waals surface area contributed by atoms with Crippen molar-refractivity contribution in [2.75, 3.05) is 44.2 Å². The van der Waals surface area contributed by atoms with Crippen molar-refractivity contribution >= 4 is 16.8 Å². The standard InChI is InChI=1S/C22H24N4O3/c23-16-17-5-3-6-18(15-17)28-14-2-1-9-25-10-12-26(13-11-25)20-8-4-7-19-21(20)29-22(27)24-19/h3-8,15H,1-2,9-14H2,(H,24,27). The molecule has 0 atom stereocenters. The van der Waals surface area contributed by atoms with E-state index in [1.165, 1.54) is 0 Å². The van der Waals surface area contributed by atoms with Crippen LogP contribution >= 0.6 is 0 Å². The van der Waals surface area contributed by atoms with E-state index in [9.17, 15) is 4.79 Å². The van der Waals surface area contributed by atoms with Gasteiger partial charge in [0.1, 0.15) is 5.75 Å². The molecular formula is C22H24N4O3. The van der Waals surface area contributed by atoms with E-state index in [4.69, 9.17) is 14.4 Å². The van der Waals surface area contributed by atoms with Crippen LogP contribution in [0.25, 0.3) is 11.1 Å². The molecule has 3 aromatic rings. The molecule has 2 heterocycles. The van der Waals surface area contributed by atoms with Crippen LogP contribution in [0.2, 0.25) is 0 Å². The minimum Gasteiger partial charge on any atom is -0.494 e. The molecule has 0 amide bonds. The molecule has 1 aliphatic heterocycles.